The zero-order valence-corrected chi connectivity index (χ0v) is 23.4. The third-order valence-electron chi connectivity index (χ3n) is 7.15. The fourth-order valence-electron chi connectivity index (χ4n) is 4.88. The van der Waals surface area contributed by atoms with Crippen LogP contribution in [0.1, 0.15) is 58.3 Å². The number of esters is 1. The van der Waals surface area contributed by atoms with Gasteiger partial charge in [-0.25, -0.2) is 8.42 Å². The molecule has 2 aromatic carbocycles. The molecule has 1 aliphatic rings. The summed E-state index contributed by atoms with van der Waals surface area (Å²) in [5.41, 5.74) is 0. The molecule has 0 spiro atoms. The Morgan fingerprint density at radius 3 is 2.39 bits per heavy atom. The Kier molecular flexibility index (Phi) is 11.1. The van der Waals surface area contributed by atoms with E-state index in [0.29, 0.717) is 19.6 Å². The van der Waals surface area contributed by atoms with Crippen molar-refractivity contribution in [1.29, 1.82) is 0 Å². The molecule has 1 unspecified atom stereocenters. The van der Waals surface area contributed by atoms with Gasteiger partial charge in [-0.1, -0.05) is 50.1 Å². The van der Waals surface area contributed by atoms with Gasteiger partial charge in [0.25, 0.3) is 0 Å². The van der Waals surface area contributed by atoms with Crippen LogP contribution in [0.3, 0.4) is 0 Å². The maximum Gasteiger partial charge on any atom is 0.305 e. The van der Waals surface area contributed by atoms with Crippen molar-refractivity contribution in [2.24, 2.45) is 5.92 Å². The molecule has 2 aromatic rings. The van der Waals surface area contributed by atoms with Crippen molar-refractivity contribution in [3.8, 4) is 0 Å². The molecular formula is C29H40N2O6S. The van der Waals surface area contributed by atoms with Crippen LogP contribution in [0.4, 0.5) is 0 Å². The van der Waals surface area contributed by atoms with E-state index in [0.717, 1.165) is 49.3 Å². The number of fused-ring (bicyclic) bond motifs is 1. The first-order valence-electron chi connectivity index (χ1n) is 13.6. The summed E-state index contributed by atoms with van der Waals surface area (Å²) in [7, 11) is -2.59. The monoisotopic (exact) mass is 544 g/mol. The van der Waals surface area contributed by atoms with Gasteiger partial charge in [0.2, 0.25) is 11.8 Å². The number of carbonyl (C=O) groups excluding carboxylic acids is 3. The Labute approximate surface area is 226 Å². The topological polar surface area (TPSA) is 101 Å². The summed E-state index contributed by atoms with van der Waals surface area (Å²) in [6, 6.07) is 12.4. The van der Waals surface area contributed by atoms with Gasteiger partial charge in [0.05, 0.1) is 30.2 Å². The summed E-state index contributed by atoms with van der Waals surface area (Å²) in [4.78, 5) is 42.2. The van der Waals surface area contributed by atoms with Crippen LogP contribution in [0.15, 0.2) is 47.4 Å². The Hall–Kier alpha value is -2.94. The average Bonchev–Trinajstić information content (AvgIpc) is 2.94. The molecule has 1 fully saturated rings. The van der Waals surface area contributed by atoms with E-state index < -0.39 is 33.4 Å². The highest BCUT2D eigenvalue weighted by molar-refractivity contribution is 7.91. The summed E-state index contributed by atoms with van der Waals surface area (Å²) in [6.45, 7) is 3.71. The molecule has 9 heteroatoms. The van der Waals surface area contributed by atoms with Crippen LogP contribution in [0.5, 0.6) is 0 Å². The fourth-order valence-corrected chi connectivity index (χ4v) is 6.49. The van der Waals surface area contributed by atoms with Gasteiger partial charge in [0.1, 0.15) is 0 Å². The second-order valence-electron chi connectivity index (χ2n) is 10.0. The summed E-state index contributed by atoms with van der Waals surface area (Å²) >= 11 is 0. The number of piperidine rings is 1. The number of benzene rings is 2. The molecule has 0 aromatic heterocycles. The van der Waals surface area contributed by atoms with Crippen molar-refractivity contribution in [1.82, 2.24) is 9.80 Å². The Balaban J connectivity index is 1.84. The van der Waals surface area contributed by atoms with E-state index in [1.54, 1.807) is 23.1 Å². The molecule has 38 heavy (non-hydrogen) atoms. The quantitative estimate of drug-likeness (QED) is 0.277. The molecule has 208 valence electrons. The van der Waals surface area contributed by atoms with Gasteiger partial charge >= 0.3 is 5.97 Å². The van der Waals surface area contributed by atoms with E-state index in [9.17, 15) is 22.8 Å². The number of hydrogen-bond acceptors (Lipinski definition) is 6. The molecule has 0 bridgehead atoms. The van der Waals surface area contributed by atoms with E-state index in [1.165, 1.54) is 12.0 Å². The summed E-state index contributed by atoms with van der Waals surface area (Å²) < 4.78 is 31.7. The Morgan fingerprint density at radius 1 is 1.00 bits per heavy atom. The van der Waals surface area contributed by atoms with Crippen molar-refractivity contribution < 1.29 is 27.5 Å². The van der Waals surface area contributed by atoms with Gasteiger partial charge < -0.3 is 14.5 Å². The molecule has 1 saturated heterocycles. The predicted octanol–water partition coefficient (Wildman–Crippen LogP) is 4.21. The van der Waals surface area contributed by atoms with Crippen molar-refractivity contribution in [2.45, 2.75) is 63.2 Å². The van der Waals surface area contributed by atoms with E-state index >= 15 is 0 Å². The fraction of sp³-hybridized carbons (Fsp3) is 0.552. The molecule has 1 atom stereocenters. The minimum absolute atomic E-state index is 0.0283. The van der Waals surface area contributed by atoms with Crippen molar-refractivity contribution in [3.05, 3.63) is 42.5 Å². The molecule has 0 aliphatic carbocycles. The largest absolute Gasteiger partial charge is 0.469 e. The zero-order chi connectivity index (χ0) is 27.5. The highest BCUT2D eigenvalue weighted by atomic mass is 32.2. The first-order valence-corrected chi connectivity index (χ1v) is 15.3. The highest BCUT2D eigenvalue weighted by Gasteiger charge is 2.32. The number of sulfone groups is 1. The van der Waals surface area contributed by atoms with Crippen LogP contribution in [-0.2, 0) is 29.0 Å². The Morgan fingerprint density at radius 2 is 1.71 bits per heavy atom. The number of likely N-dealkylation sites (tertiary alicyclic amines) is 1. The van der Waals surface area contributed by atoms with Gasteiger partial charge in [0, 0.05) is 26.1 Å². The van der Waals surface area contributed by atoms with E-state index in [2.05, 4.69) is 6.92 Å². The van der Waals surface area contributed by atoms with Crippen LogP contribution < -0.4 is 0 Å². The number of unbranched alkanes of at least 4 members (excludes halogenated alkanes) is 2. The lowest BCUT2D eigenvalue weighted by Crippen LogP contribution is -2.47. The van der Waals surface area contributed by atoms with Crippen LogP contribution >= 0.6 is 0 Å². The van der Waals surface area contributed by atoms with Crippen LogP contribution in [0.2, 0.25) is 0 Å². The third-order valence-corrected chi connectivity index (χ3v) is 8.97. The molecule has 0 N–H and O–H groups in total. The lowest BCUT2D eigenvalue weighted by Gasteiger charge is -2.31. The van der Waals surface area contributed by atoms with E-state index in [4.69, 9.17) is 4.74 Å². The van der Waals surface area contributed by atoms with E-state index in [-0.39, 0.29) is 30.2 Å². The van der Waals surface area contributed by atoms with Crippen LogP contribution in [0, 0.1) is 5.92 Å². The molecule has 1 heterocycles. The summed E-state index contributed by atoms with van der Waals surface area (Å²) in [6.07, 6.45) is 5.49. The summed E-state index contributed by atoms with van der Waals surface area (Å²) in [5, 5.41) is 1.71. The first kappa shape index (κ1) is 29.6. The molecule has 3 rings (SSSR count). The number of hydrogen-bond donors (Lipinski definition) is 0. The summed E-state index contributed by atoms with van der Waals surface area (Å²) in [5.74, 6) is -2.43. The maximum absolute atomic E-state index is 13.8. The molecule has 1 aliphatic heterocycles. The van der Waals surface area contributed by atoms with Crippen molar-refractivity contribution in [2.75, 3.05) is 39.0 Å². The molecule has 2 amide bonds. The van der Waals surface area contributed by atoms with Gasteiger partial charge in [-0.15, -0.1) is 0 Å². The van der Waals surface area contributed by atoms with Crippen molar-refractivity contribution in [3.63, 3.8) is 0 Å². The SMILES string of the molecule is CCCCCN(CC(=O)N1CCCCC1)C(=O)C(CCC(=O)OC)CS(=O)(=O)c1ccc2ccccc2c1. The van der Waals surface area contributed by atoms with Crippen LogP contribution in [0.25, 0.3) is 10.8 Å². The number of rotatable bonds is 13. The highest BCUT2D eigenvalue weighted by Crippen LogP contribution is 2.24. The molecule has 0 radical (unpaired) electrons. The second-order valence-corrected chi connectivity index (χ2v) is 12.0. The number of nitrogens with zero attached hydrogens (tertiary/aromatic N) is 2. The minimum Gasteiger partial charge on any atom is -0.469 e. The molecular weight excluding hydrogens is 504 g/mol. The molecule has 0 saturated carbocycles. The number of amides is 2. The number of ether oxygens (including phenoxy) is 1. The normalized spacial score (nSPS) is 14.7. The van der Waals surface area contributed by atoms with E-state index in [1.807, 2.05) is 24.3 Å². The maximum atomic E-state index is 13.8. The lowest BCUT2D eigenvalue weighted by atomic mass is 10.0. The smallest absolute Gasteiger partial charge is 0.305 e. The van der Waals surface area contributed by atoms with Gasteiger partial charge in [0.15, 0.2) is 9.84 Å². The number of methoxy groups -OCH3 is 1. The van der Waals surface area contributed by atoms with Crippen LogP contribution in [-0.4, -0.2) is 75.0 Å². The first-order chi connectivity index (χ1) is 18.2. The predicted molar refractivity (Wildman–Crippen MR) is 147 cm³/mol. The standard InChI is InChI=1S/C29H40N2O6S/c1-3-4-8-19-31(21-27(32)30-17-9-5-10-18-30)29(34)25(14-16-28(33)37-2)22-38(35,36)26-15-13-23-11-6-7-12-24(23)20-26/h6-7,11-13,15,20,25H,3-5,8-10,14,16-19,21-22H2,1-2H3. The third kappa shape index (κ3) is 8.28. The van der Waals surface area contributed by atoms with Gasteiger partial charge in [-0.2, -0.15) is 0 Å². The van der Waals surface area contributed by atoms with Gasteiger partial charge in [-0.3, -0.25) is 14.4 Å². The minimum atomic E-state index is -3.85. The lowest BCUT2D eigenvalue weighted by molar-refractivity contribution is -0.144. The number of carbonyl (C=O) groups is 3. The van der Waals surface area contributed by atoms with Crippen molar-refractivity contribution >= 4 is 38.4 Å². The molecule has 8 nitrogen and oxygen atoms in total. The average molecular weight is 545 g/mol. The zero-order valence-electron chi connectivity index (χ0n) is 22.6. The van der Waals surface area contributed by atoms with Gasteiger partial charge in [-0.05, 0) is 55.0 Å². The second kappa shape index (κ2) is 14.3. The Bertz CT molecular complexity index is 1210.